The first kappa shape index (κ1) is 35.4. The summed E-state index contributed by atoms with van der Waals surface area (Å²) in [6.45, 7) is 4.21. The number of hydrogen-bond acceptors (Lipinski definition) is 8. The fourth-order valence-electron chi connectivity index (χ4n) is 2.85. The van der Waals surface area contributed by atoms with Crippen molar-refractivity contribution in [1.82, 2.24) is 0 Å². The monoisotopic (exact) mass is 594 g/mol. The lowest BCUT2D eigenvalue weighted by Crippen LogP contribution is -2.16. The van der Waals surface area contributed by atoms with Gasteiger partial charge in [0.25, 0.3) is 0 Å². The molecule has 0 aromatic heterocycles. The Balaban J connectivity index is 1.86. The average molecular weight is 595 g/mol. The highest BCUT2D eigenvalue weighted by atomic mass is 35.5. The van der Waals surface area contributed by atoms with Gasteiger partial charge in [-0.05, 0) is 12.8 Å². The maximum absolute atomic E-state index is 13.5. The molecule has 0 aliphatic heterocycles. The molecule has 0 aliphatic rings. The second-order valence-corrected chi connectivity index (χ2v) is 8.28. The van der Waals surface area contributed by atoms with Gasteiger partial charge in [-0.25, -0.2) is 13.2 Å². The SMILES string of the molecule is O=C(CCOCCOCCOCCOCCOCCOCCCCCCCl)Oc1c(F)c(F)c(F)c(F)c1F. The molecule has 0 bridgehead atoms. The summed E-state index contributed by atoms with van der Waals surface area (Å²) in [5.41, 5.74) is 0. The van der Waals surface area contributed by atoms with E-state index in [1.807, 2.05) is 0 Å². The second-order valence-electron chi connectivity index (χ2n) is 7.90. The van der Waals surface area contributed by atoms with Gasteiger partial charge in [0.15, 0.2) is 0 Å². The van der Waals surface area contributed by atoms with Gasteiger partial charge >= 0.3 is 5.97 Å². The number of halogens is 6. The maximum Gasteiger partial charge on any atom is 0.313 e. The third-order valence-electron chi connectivity index (χ3n) is 4.87. The van der Waals surface area contributed by atoms with E-state index in [0.717, 1.165) is 32.3 Å². The highest BCUT2D eigenvalue weighted by molar-refractivity contribution is 6.17. The van der Waals surface area contributed by atoms with E-state index in [4.69, 9.17) is 40.0 Å². The van der Waals surface area contributed by atoms with Gasteiger partial charge in [-0.15, -0.1) is 11.6 Å². The zero-order valence-corrected chi connectivity index (χ0v) is 22.5. The van der Waals surface area contributed by atoms with Crippen molar-refractivity contribution in [3.05, 3.63) is 29.1 Å². The number of hydrogen-bond donors (Lipinski definition) is 0. The van der Waals surface area contributed by atoms with Crippen LogP contribution in [0.3, 0.4) is 0 Å². The number of ether oxygens (including phenoxy) is 7. The predicted molar refractivity (Wildman–Crippen MR) is 131 cm³/mol. The smallest absolute Gasteiger partial charge is 0.313 e. The number of carbonyl (C=O) groups excluding carboxylic acids is 1. The largest absolute Gasteiger partial charge is 0.420 e. The molecule has 226 valence electrons. The predicted octanol–water partition coefficient (Wildman–Crippen LogP) is 4.58. The van der Waals surface area contributed by atoms with Crippen molar-refractivity contribution < 1.29 is 59.9 Å². The average Bonchev–Trinajstić information content (AvgIpc) is 2.93. The number of alkyl halides is 1. The normalized spacial score (nSPS) is 11.3. The molecule has 1 aromatic carbocycles. The molecule has 0 N–H and O–H groups in total. The molecule has 0 radical (unpaired) electrons. The number of carbonyl (C=O) groups is 1. The number of benzene rings is 1. The standard InChI is InChI=1S/C25H36ClF5O8/c26-6-3-1-2-4-7-33-9-11-35-13-15-37-17-18-38-16-14-36-12-10-34-8-5-19(32)39-25-23(30)21(28)20(27)22(29)24(25)31/h1-18H2. The van der Waals surface area contributed by atoms with E-state index in [9.17, 15) is 26.7 Å². The third kappa shape index (κ3) is 16.3. The van der Waals surface area contributed by atoms with Crippen LogP contribution in [-0.2, 0) is 33.2 Å². The van der Waals surface area contributed by atoms with Crippen LogP contribution in [0.25, 0.3) is 0 Å². The van der Waals surface area contributed by atoms with Gasteiger partial charge in [-0.1, -0.05) is 12.8 Å². The summed E-state index contributed by atoms with van der Waals surface area (Å²) in [6.07, 6.45) is 3.85. The quantitative estimate of drug-likeness (QED) is 0.0310. The van der Waals surface area contributed by atoms with E-state index >= 15 is 0 Å². The Hall–Kier alpha value is -1.61. The van der Waals surface area contributed by atoms with Gasteiger partial charge in [0.05, 0.1) is 79.1 Å². The minimum atomic E-state index is -2.34. The van der Waals surface area contributed by atoms with Crippen LogP contribution in [0.4, 0.5) is 22.0 Å². The lowest BCUT2D eigenvalue weighted by Gasteiger charge is -2.09. The van der Waals surface area contributed by atoms with Crippen LogP contribution in [-0.4, -0.2) is 91.1 Å². The summed E-state index contributed by atoms with van der Waals surface area (Å²) >= 11 is 5.62. The van der Waals surface area contributed by atoms with Crippen LogP contribution in [0, 0.1) is 29.1 Å². The number of esters is 1. The number of unbranched alkanes of at least 4 members (excludes halogenated alkanes) is 3. The molecule has 1 aromatic rings. The van der Waals surface area contributed by atoms with Crippen LogP contribution in [0.15, 0.2) is 0 Å². The highest BCUT2D eigenvalue weighted by Gasteiger charge is 2.28. The Bertz CT molecular complexity index is 777. The zero-order chi connectivity index (χ0) is 28.7. The highest BCUT2D eigenvalue weighted by Crippen LogP contribution is 2.29. The Morgan fingerprint density at radius 3 is 1.28 bits per heavy atom. The summed E-state index contributed by atoms with van der Waals surface area (Å²) < 4.78 is 102. The van der Waals surface area contributed by atoms with E-state index < -0.39 is 47.2 Å². The minimum Gasteiger partial charge on any atom is -0.420 e. The Kier molecular flexibility index (Phi) is 21.0. The fraction of sp³-hybridized carbons (Fsp3) is 0.720. The molecule has 0 saturated carbocycles. The van der Waals surface area contributed by atoms with Crippen LogP contribution in [0.1, 0.15) is 32.1 Å². The molecule has 0 heterocycles. The molecule has 1 rings (SSSR count). The van der Waals surface area contributed by atoms with Gasteiger partial charge in [-0.2, -0.15) is 8.78 Å². The molecule has 39 heavy (non-hydrogen) atoms. The van der Waals surface area contributed by atoms with Crippen LogP contribution in [0.2, 0.25) is 0 Å². The van der Waals surface area contributed by atoms with Crippen LogP contribution in [0.5, 0.6) is 5.75 Å². The molecule has 0 amide bonds. The second kappa shape index (κ2) is 23.1. The molecule has 0 spiro atoms. The van der Waals surface area contributed by atoms with E-state index in [2.05, 4.69) is 4.74 Å². The molecule has 0 unspecified atom stereocenters. The van der Waals surface area contributed by atoms with Crippen molar-refractivity contribution in [3.8, 4) is 5.75 Å². The molecular weight excluding hydrogens is 559 g/mol. The molecule has 0 atom stereocenters. The van der Waals surface area contributed by atoms with Crippen molar-refractivity contribution in [2.24, 2.45) is 0 Å². The van der Waals surface area contributed by atoms with Crippen molar-refractivity contribution in [2.75, 3.05) is 85.2 Å². The van der Waals surface area contributed by atoms with Gasteiger partial charge in [0.2, 0.25) is 34.8 Å². The van der Waals surface area contributed by atoms with E-state index in [-0.39, 0.29) is 19.8 Å². The summed E-state index contributed by atoms with van der Waals surface area (Å²) in [4.78, 5) is 11.6. The molecule has 0 aliphatic carbocycles. The zero-order valence-electron chi connectivity index (χ0n) is 21.8. The van der Waals surface area contributed by atoms with Crippen molar-refractivity contribution >= 4 is 17.6 Å². The van der Waals surface area contributed by atoms with Crippen molar-refractivity contribution in [2.45, 2.75) is 32.1 Å². The van der Waals surface area contributed by atoms with E-state index in [1.54, 1.807) is 0 Å². The molecular formula is C25H36ClF5O8. The molecule has 14 heteroatoms. The Morgan fingerprint density at radius 1 is 0.487 bits per heavy atom. The van der Waals surface area contributed by atoms with E-state index in [0.29, 0.717) is 58.7 Å². The van der Waals surface area contributed by atoms with Crippen molar-refractivity contribution in [3.63, 3.8) is 0 Å². The summed E-state index contributed by atoms with van der Waals surface area (Å²) in [7, 11) is 0. The first-order valence-corrected chi connectivity index (χ1v) is 13.2. The molecule has 0 saturated heterocycles. The summed E-state index contributed by atoms with van der Waals surface area (Å²) in [6, 6.07) is 0. The summed E-state index contributed by atoms with van der Waals surface area (Å²) in [5.74, 6) is -13.4. The Morgan fingerprint density at radius 2 is 0.846 bits per heavy atom. The van der Waals surface area contributed by atoms with Gasteiger partial charge in [0.1, 0.15) is 0 Å². The van der Waals surface area contributed by atoms with Crippen LogP contribution >= 0.6 is 11.6 Å². The van der Waals surface area contributed by atoms with Gasteiger partial charge in [0, 0.05) is 12.5 Å². The third-order valence-corrected chi connectivity index (χ3v) is 5.14. The fourth-order valence-corrected chi connectivity index (χ4v) is 3.04. The van der Waals surface area contributed by atoms with E-state index in [1.165, 1.54) is 0 Å². The van der Waals surface area contributed by atoms with Gasteiger partial charge in [-0.3, -0.25) is 4.79 Å². The minimum absolute atomic E-state index is 0.0958. The molecule has 8 nitrogen and oxygen atoms in total. The van der Waals surface area contributed by atoms with Gasteiger partial charge < -0.3 is 33.2 Å². The number of rotatable bonds is 25. The topological polar surface area (TPSA) is 81.7 Å². The van der Waals surface area contributed by atoms with Crippen molar-refractivity contribution in [1.29, 1.82) is 0 Å². The maximum atomic E-state index is 13.5. The first-order valence-electron chi connectivity index (χ1n) is 12.6. The van der Waals surface area contributed by atoms with Crippen LogP contribution < -0.4 is 4.74 Å². The molecule has 0 fully saturated rings. The lowest BCUT2D eigenvalue weighted by molar-refractivity contribution is -0.136. The first-order chi connectivity index (χ1) is 18.9. The lowest BCUT2D eigenvalue weighted by atomic mass is 10.2. The Labute approximate surface area is 229 Å². The summed E-state index contributed by atoms with van der Waals surface area (Å²) in [5, 5.41) is 0.